The van der Waals surface area contributed by atoms with Gasteiger partial charge in [0.1, 0.15) is 11.8 Å². The number of nitrogens with two attached hydrogens (primary N) is 2. The van der Waals surface area contributed by atoms with Crippen LogP contribution in [0.25, 0.3) is 32.3 Å². The zero-order valence-corrected chi connectivity index (χ0v) is 33.0. The van der Waals surface area contributed by atoms with Crippen LogP contribution >= 0.6 is 0 Å². The minimum atomic E-state index is -1.01. The number of hydrogen-bond acceptors (Lipinski definition) is 9. The number of fused-ring (bicyclic) bond motifs is 5. The van der Waals surface area contributed by atoms with Crippen LogP contribution in [-0.2, 0) is 28.6 Å². The van der Waals surface area contributed by atoms with E-state index in [1.165, 1.54) is 19.1 Å². The number of rotatable bonds is 4. The lowest BCUT2D eigenvalue weighted by molar-refractivity contribution is -0.118. The van der Waals surface area contributed by atoms with Crippen LogP contribution in [0.5, 0.6) is 0 Å². The first-order chi connectivity index (χ1) is 27.2. The number of carbonyl (C=O) groups excluding carboxylic acids is 4. The summed E-state index contributed by atoms with van der Waals surface area (Å²) in [6, 6.07) is 22.0. The number of benzene rings is 4. The van der Waals surface area contributed by atoms with Gasteiger partial charge in [0.2, 0.25) is 11.6 Å². The Kier molecular flexibility index (Phi) is 12.2. The lowest BCUT2D eigenvalue weighted by Gasteiger charge is -2.30. The number of carbonyl (C=O) groups is 4. The number of primary amides is 1. The molecule has 0 saturated heterocycles. The Morgan fingerprint density at radius 1 is 0.860 bits per heavy atom. The van der Waals surface area contributed by atoms with Crippen LogP contribution < -0.4 is 16.4 Å². The molecule has 0 spiro atoms. The van der Waals surface area contributed by atoms with Crippen LogP contribution in [0.4, 0.5) is 10.5 Å². The molecule has 4 aromatic rings. The van der Waals surface area contributed by atoms with E-state index in [9.17, 15) is 24.3 Å². The van der Waals surface area contributed by atoms with Gasteiger partial charge in [-0.2, -0.15) is 0 Å². The summed E-state index contributed by atoms with van der Waals surface area (Å²) in [7, 11) is 2.93. The van der Waals surface area contributed by atoms with E-state index in [-0.39, 0.29) is 34.9 Å². The Morgan fingerprint density at radius 3 is 2.09 bits per heavy atom. The average molecular weight is 772 g/mol. The molecular formula is C46H49N3O8. The molecule has 2 amide bonds. The van der Waals surface area contributed by atoms with Crippen molar-refractivity contribution in [1.82, 2.24) is 0 Å². The molecular weight excluding hydrogens is 723 g/mol. The molecule has 1 unspecified atom stereocenters. The number of Topliss-reactive ketones (excluding diaryl/α,β-unsaturated/α-hetero) is 1. The number of hydrogen-bond donors (Lipinski definition) is 3. The van der Waals surface area contributed by atoms with E-state index in [1.807, 2.05) is 37.3 Å². The summed E-state index contributed by atoms with van der Waals surface area (Å²) in [4.78, 5) is 56.1. The average Bonchev–Trinajstić information content (AvgIpc) is 3.18. The van der Waals surface area contributed by atoms with Gasteiger partial charge in [0.15, 0.2) is 6.10 Å². The van der Waals surface area contributed by atoms with Crippen molar-refractivity contribution in [3.05, 3.63) is 125 Å². The van der Waals surface area contributed by atoms with Crippen LogP contribution in [-0.4, -0.2) is 67.3 Å². The monoisotopic (exact) mass is 771 g/mol. The quantitative estimate of drug-likeness (QED) is 0.111. The van der Waals surface area contributed by atoms with Crippen molar-refractivity contribution in [2.45, 2.75) is 65.0 Å². The second-order valence-corrected chi connectivity index (χ2v) is 15.1. The Labute approximate surface area is 331 Å². The summed E-state index contributed by atoms with van der Waals surface area (Å²) in [5.41, 5.74) is 12.7. The van der Waals surface area contributed by atoms with E-state index in [2.05, 4.69) is 30.3 Å². The van der Waals surface area contributed by atoms with Crippen molar-refractivity contribution in [2.75, 3.05) is 19.1 Å². The molecule has 296 valence electrons. The van der Waals surface area contributed by atoms with Crippen LogP contribution in [0, 0.1) is 11.8 Å². The summed E-state index contributed by atoms with van der Waals surface area (Å²) in [5.74, 6) is -2.47. The van der Waals surface area contributed by atoms with Gasteiger partial charge in [-0.1, -0.05) is 68.5 Å². The molecule has 1 aliphatic carbocycles. The number of ketones is 2. The zero-order chi connectivity index (χ0) is 41.1. The summed E-state index contributed by atoms with van der Waals surface area (Å²) in [6.07, 6.45) is 3.52. The molecule has 11 heteroatoms. The van der Waals surface area contributed by atoms with Gasteiger partial charge in [-0.25, -0.2) is 4.79 Å². The van der Waals surface area contributed by atoms with Crippen LogP contribution in [0.2, 0.25) is 0 Å². The normalized spacial score (nSPS) is 26.9. The Hall–Kier alpha value is -5.88. The number of anilines is 1. The standard InChI is InChI=1S/C46H49N3O8/c1-25-16-36-41(47)38(50)24-37(43(36)52)49(35-15-14-31-21-32-19-29-11-7-8-12-30(29)20-33(32)22-34(31)23-35)45(53)26(2)10-9-13-39(55-5)44(57-46(48)54)28(4)18-27(3)42(51)40(17-25)56-6/h7-15,18-25,27,39-40,42,44,51H,16-17,47H2,1-6H3,(H2,48,54)/b13-9-,26-10+,28-18+/t25-,27+,39?,40+,42-,44+/m1/s1. The number of aliphatic hydroxyl groups excluding tert-OH is 1. The van der Waals surface area contributed by atoms with E-state index in [0.29, 0.717) is 17.7 Å². The highest BCUT2D eigenvalue weighted by Crippen LogP contribution is 2.35. The third-order valence-corrected chi connectivity index (χ3v) is 10.9. The second kappa shape index (κ2) is 17.1. The highest BCUT2D eigenvalue weighted by atomic mass is 16.6. The summed E-state index contributed by atoms with van der Waals surface area (Å²) >= 11 is 0. The number of methoxy groups -OCH3 is 2. The number of aliphatic hydroxyl groups is 1. The molecule has 2 bridgehead atoms. The van der Waals surface area contributed by atoms with Crippen molar-refractivity contribution in [1.29, 1.82) is 0 Å². The highest BCUT2D eigenvalue weighted by molar-refractivity contribution is 6.27. The van der Waals surface area contributed by atoms with E-state index in [4.69, 9.17) is 25.7 Å². The van der Waals surface area contributed by atoms with E-state index in [1.54, 1.807) is 51.1 Å². The van der Waals surface area contributed by atoms with Gasteiger partial charge in [0.05, 0.1) is 23.6 Å². The number of amides is 2. The van der Waals surface area contributed by atoms with Crippen molar-refractivity contribution < 1.29 is 38.5 Å². The summed E-state index contributed by atoms with van der Waals surface area (Å²) < 4.78 is 16.9. The summed E-state index contributed by atoms with van der Waals surface area (Å²) in [5, 5.41) is 17.5. The maximum Gasteiger partial charge on any atom is 0.405 e. The van der Waals surface area contributed by atoms with Gasteiger partial charge < -0.3 is 30.8 Å². The molecule has 0 fully saturated rings. The van der Waals surface area contributed by atoms with E-state index < -0.39 is 53.9 Å². The fraction of sp³-hybridized carbons (Fsp3) is 0.304. The topological polar surface area (TPSA) is 171 Å². The first-order valence-corrected chi connectivity index (χ1v) is 18.9. The minimum absolute atomic E-state index is 0.0865. The molecule has 5 N–H and O–H groups in total. The van der Waals surface area contributed by atoms with Gasteiger partial charge in [0.25, 0.3) is 5.91 Å². The first kappa shape index (κ1) is 40.8. The molecule has 11 nitrogen and oxygen atoms in total. The molecule has 1 heterocycles. The Balaban J connectivity index is 1.50. The Morgan fingerprint density at radius 2 is 1.47 bits per heavy atom. The van der Waals surface area contributed by atoms with Gasteiger partial charge in [-0.05, 0) is 107 Å². The fourth-order valence-electron chi connectivity index (χ4n) is 7.80. The van der Waals surface area contributed by atoms with Gasteiger partial charge in [0, 0.05) is 37.4 Å². The molecule has 0 radical (unpaired) electrons. The molecule has 2 aliphatic rings. The SMILES string of the molecule is COC1/C=C\C=C(/C)C(=O)N(c2ccc3cc4cc5ccccc5cc4cc3c2)C2=CC(=O)C(N)=C(C[C@@H](C)C[C@H](OC)[C@H](O)[C@@H](C)/C=C(\C)[C@@H]1OC(N)=O)C2=O. The highest BCUT2D eigenvalue weighted by Gasteiger charge is 2.36. The molecule has 0 saturated carbocycles. The fourth-order valence-corrected chi connectivity index (χ4v) is 7.80. The molecule has 4 aromatic carbocycles. The maximum absolute atomic E-state index is 14.6. The van der Waals surface area contributed by atoms with Gasteiger partial charge >= 0.3 is 6.09 Å². The predicted octanol–water partition coefficient (Wildman–Crippen LogP) is 7.10. The lowest BCUT2D eigenvalue weighted by atomic mass is 9.85. The van der Waals surface area contributed by atoms with Crippen molar-refractivity contribution in [3.63, 3.8) is 0 Å². The number of nitrogens with zero attached hydrogens (tertiary/aromatic N) is 1. The minimum Gasteiger partial charge on any atom is -0.439 e. The van der Waals surface area contributed by atoms with Crippen LogP contribution in [0.1, 0.15) is 40.5 Å². The smallest absolute Gasteiger partial charge is 0.405 e. The van der Waals surface area contributed by atoms with Crippen LogP contribution in [0.3, 0.4) is 0 Å². The summed E-state index contributed by atoms with van der Waals surface area (Å²) in [6.45, 7) is 7.02. The zero-order valence-electron chi connectivity index (χ0n) is 33.0. The molecule has 6 rings (SSSR count). The van der Waals surface area contributed by atoms with Crippen molar-refractivity contribution in [3.8, 4) is 0 Å². The second-order valence-electron chi connectivity index (χ2n) is 15.1. The molecule has 6 atom stereocenters. The van der Waals surface area contributed by atoms with Crippen molar-refractivity contribution in [2.24, 2.45) is 23.3 Å². The molecule has 57 heavy (non-hydrogen) atoms. The van der Waals surface area contributed by atoms with E-state index in [0.717, 1.165) is 38.4 Å². The lowest BCUT2D eigenvalue weighted by Crippen LogP contribution is -2.39. The third kappa shape index (κ3) is 8.61. The number of ether oxygens (including phenoxy) is 3. The molecule has 1 aliphatic heterocycles. The number of allylic oxidation sites excluding steroid dienone is 4. The maximum atomic E-state index is 14.6. The van der Waals surface area contributed by atoms with Gasteiger partial charge in [-0.3, -0.25) is 19.3 Å². The third-order valence-electron chi connectivity index (χ3n) is 10.9. The largest absolute Gasteiger partial charge is 0.439 e. The van der Waals surface area contributed by atoms with Crippen molar-refractivity contribution >= 4 is 61.6 Å². The van der Waals surface area contributed by atoms with Crippen LogP contribution in [0.15, 0.2) is 125 Å². The van der Waals surface area contributed by atoms with E-state index >= 15 is 0 Å². The predicted molar refractivity (Wildman–Crippen MR) is 222 cm³/mol. The Bertz CT molecular complexity index is 2420. The van der Waals surface area contributed by atoms with Gasteiger partial charge in [-0.15, -0.1) is 0 Å². The molecule has 0 aromatic heterocycles. The first-order valence-electron chi connectivity index (χ1n) is 18.9.